The zero-order chi connectivity index (χ0) is 11.4. The Bertz CT molecular complexity index is 389. The first-order valence-corrected chi connectivity index (χ1v) is 5.62. The molecule has 0 saturated carbocycles. The van der Waals surface area contributed by atoms with E-state index in [4.69, 9.17) is 4.74 Å². The highest BCUT2D eigenvalue weighted by atomic mass is 16.5. The highest BCUT2D eigenvalue weighted by Crippen LogP contribution is 2.42. The Kier molecular flexibility index (Phi) is 2.11. The summed E-state index contributed by atoms with van der Waals surface area (Å²) >= 11 is 0. The van der Waals surface area contributed by atoms with E-state index < -0.39 is 0 Å². The second-order valence-electron chi connectivity index (χ2n) is 5.35. The van der Waals surface area contributed by atoms with Crippen molar-refractivity contribution >= 4 is 0 Å². The van der Waals surface area contributed by atoms with Crippen LogP contribution in [0.2, 0.25) is 0 Å². The monoisotopic (exact) mass is 204 g/mol. The fourth-order valence-electron chi connectivity index (χ4n) is 2.44. The molecule has 0 bridgehead atoms. The molecule has 82 valence electrons. The first-order chi connectivity index (χ1) is 6.83. The van der Waals surface area contributed by atoms with Gasteiger partial charge in [-0.25, -0.2) is 0 Å². The molecule has 0 amide bonds. The third-order valence-corrected chi connectivity index (χ3v) is 3.74. The van der Waals surface area contributed by atoms with Gasteiger partial charge in [-0.2, -0.15) is 0 Å². The van der Waals surface area contributed by atoms with Crippen LogP contribution in [-0.2, 0) is 6.42 Å². The third kappa shape index (κ3) is 1.45. The van der Waals surface area contributed by atoms with Crippen LogP contribution in [0.15, 0.2) is 0 Å². The van der Waals surface area contributed by atoms with E-state index >= 15 is 0 Å². The largest absolute Gasteiger partial charge is 0.487 e. The minimum atomic E-state index is -0.0297. The number of hydrogen-bond acceptors (Lipinski definition) is 1. The molecule has 0 saturated heterocycles. The van der Waals surface area contributed by atoms with Crippen LogP contribution in [0.3, 0.4) is 0 Å². The van der Waals surface area contributed by atoms with Crippen molar-refractivity contribution in [1.29, 1.82) is 0 Å². The third-order valence-electron chi connectivity index (χ3n) is 3.74. The molecule has 0 atom stereocenters. The lowest BCUT2D eigenvalue weighted by atomic mass is 9.90. The number of fused-ring (bicyclic) bond motifs is 1. The van der Waals surface area contributed by atoms with E-state index in [1.807, 2.05) is 0 Å². The van der Waals surface area contributed by atoms with Gasteiger partial charge in [0.25, 0.3) is 0 Å². The summed E-state index contributed by atoms with van der Waals surface area (Å²) in [5.41, 5.74) is 6.92. The van der Waals surface area contributed by atoms with Crippen LogP contribution in [0.1, 0.15) is 41.7 Å². The molecule has 0 fully saturated rings. The molecule has 0 N–H and O–H groups in total. The first kappa shape index (κ1) is 10.5. The van der Waals surface area contributed by atoms with Crippen LogP contribution in [-0.4, -0.2) is 5.60 Å². The molecule has 1 aromatic rings. The normalized spacial score (nSPS) is 17.5. The number of benzene rings is 1. The highest BCUT2D eigenvalue weighted by Gasteiger charge is 2.33. The number of rotatable bonds is 0. The van der Waals surface area contributed by atoms with Crippen LogP contribution in [0.25, 0.3) is 0 Å². The van der Waals surface area contributed by atoms with Gasteiger partial charge < -0.3 is 4.74 Å². The molecule has 1 heteroatoms. The average Bonchev–Trinajstić information content (AvgIpc) is 2.48. The fourth-order valence-corrected chi connectivity index (χ4v) is 2.44. The zero-order valence-corrected chi connectivity index (χ0v) is 10.6. The second-order valence-corrected chi connectivity index (χ2v) is 5.35. The van der Waals surface area contributed by atoms with Gasteiger partial charge in [0.15, 0.2) is 0 Å². The van der Waals surface area contributed by atoms with Crippen molar-refractivity contribution in [3.8, 4) is 5.75 Å². The molecule has 1 aromatic carbocycles. The smallest absolute Gasteiger partial charge is 0.126 e. The molecule has 0 aliphatic carbocycles. The second kappa shape index (κ2) is 3.01. The summed E-state index contributed by atoms with van der Waals surface area (Å²) in [4.78, 5) is 0. The minimum absolute atomic E-state index is 0.0297. The zero-order valence-electron chi connectivity index (χ0n) is 10.6. The van der Waals surface area contributed by atoms with Crippen LogP contribution < -0.4 is 4.74 Å². The first-order valence-electron chi connectivity index (χ1n) is 5.62. The quantitative estimate of drug-likeness (QED) is 0.627. The molecule has 0 aromatic heterocycles. The highest BCUT2D eigenvalue weighted by molar-refractivity contribution is 5.56. The molecule has 15 heavy (non-hydrogen) atoms. The van der Waals surface area contributed by atoms with Crippen LogP contribution in [0.4, 0.5) is 0 Å². The summed E-state index contributed by atoms with van der Waals surface area (Å²) < 4.78 is 6.04. The molecular formula is C14H20O. The lowest BCUT2D eigenvalue weighted by Gasteiger charge is -2.18. The number of ether oxygens (including phenoxy) is 1. The van der Waals surface area contributed by atoms with Gasteiger partial charge in [0, 0.05) is 12.0 Å². The number of hydrogen-bond donors (Lipinski definition) is 0. The molecule has 0 spiro atoms. The summed E-state index contributed by atoms with van der Waals surface area (Å²) in [5.74, 6) is 1.14. The summed E-state index contributed by atoms with van der Waals surface area (Å²) in [6, 6.07) is 0. The maximum absolute atomic E-state index is 6.04. The molecule has 1 aliphatic heterocycles. The molecule has 0 radical (unpaired) electrons. The summed E-state index contributed by atoms with van der Waals surface area (Å²) in [6.07, 6.45) is 1.04. The summed E-state index contributed by atoms with van der Waals surface area (Å²) in [5, 5.41) is 0. The standard InChI is InChI=1S/C14H20O/c1-8-9(2)11(4)13-12(10(8)3)7-14(5,6)15-13/h7H2,1-6H3. The Morgan fingerprint density at radius 3 is 2.00 bits per heavy atom. The maximum Gasteiger partial charge on any atom is 0.126 e. The lowest BCUT2D eigenvalue weighted by molar-refractivity contribution is 0.137. The van der Waals surface area contributed by atoms with Crippen molar-refractivity contribution in [2.45, 2.75) is 53.6 Å². The maximum atomic E-state index is 6.04. The van der Waals surface area contributed by atoms with Crippen molar-refractivity contribution in [3.63, 3.8) is 0 Å². The van der Waals surface area contributed by atoms with Gasteiger partial charge in [-0.15, -0.1) is 0 Å². The lowest BCUT2D eigenvalue weighted by Crippen LogP contribution is -2.24. The van der Waals surface area contributed by atoms with Crippen LogP contribution >= 0.6 is 0 Å². The Morgan fingerprint density at radius 1 is 0.867 bits per heavy atom. The Hall–Kier alpha value is -0.980. The van der Waals surface area contributed by atoms with Gasteiger partial charge in [0.2, 0.25) is 0 Å². The molecule has 1 heterocycles. The fraction of sp³-hybridized carbons (Fsp3) is 0.571. The summed E-state index contributed by atoms with van der Waals surface area (Å²) in [7, 11) is 0. The minimum Gasteiger partial charge on any atom is -0.487 e. The van der Waals surface area contributed by atoms with E-state index in [-0.39, 0.29) is 5.60 Å². The van der Waals surface area contributed by atoms with E-state index in [9.17, 15) is 0 Å². The Balaban J connectivity index is 2.69. The summed E-state index contributed by atoms with van der Waals surface area (Å²) in [6.45, 7) is 13.1. The van der Waals surface area contributed by atoms with Gasteiger partial charge in [0.1, 0.15) is 11.4 Å². The van der Waals surface area contributed by atoms with E-state index in [0.717, 1.165) is 12.2 Å². The van der Waals surface area contributed by atoms with Crippen molar-refractivity contribution in [2.75, 3.05) is 0 Å². The van der Waals surface area contributed by atoms with E-state index in [2.05, 4.69) is 41.5 Å². The van der Waals surface area contributed by atoms with Gasteiger partial charge >= 0.3 is 0 Å². The van der Waals surface area contributed by atoms with Gasteiger partial charge in [-0.05, 0) is 63.8 Å². The van der Waals surface area contributed by atoms with Crippen molar-refractivity contribution in [3.05, 3.63) is 27.8 Å². The van der Waals surface area contributed by atoms with Gasteiger partial charge in [0.05, 0.1) is 0 Å². The Labute approximate surface area is 92.5 Å². The van der Waals surface area contributed by atoms with Crippen molar-refractivity contribution < 1.29 is 4.74 Å². The van der Waals surface area contributed by atoms with Crippen molar-refractivity contribution in [2.24, 2.45) is 0 Å². The molecule has 1 nitrogen and oxygen atoms in total. The van der Waals surface area contributed by atoms with Crippen LogP contribution in [0.5, 0.6) is 5.75 Å². The van der Waals surface area contributed by atoms with E-state index in [1.54, 1.807) is 0 Å². The molecule has 0 unspecified atom stereocenters. The van der Waals surface area contributed by atoms with E-state index in [1.165, 1.54) is 27.8 Å². The van der Waals surface area contributed by atoms with Gasteiger partial charge in [-0.1, -0.05) is 0 Å². The van der Waals surface area contributed by atoms with Gasteiger partial charge in [-0.3, -0.25) is 0 Å². The molecule has 1 aliphatic rings. The molecule has 2 rings (SSSR count). The van der Waals surface area contributed by atoms with E-state index in [0.29, 0.717) is 0 Å². The van der Waals surface area contributed by atoms with Crippen LogP contribution in [0, 0.1) is 27.7 Å². The predicted molar refractivity (Wildman–Crippen MR) is 63.8 cm³/mol. The Morgan fingerprint density at radius 2 is 1.40 bits per heavy atom. The SMILES string of the molecule is Cc1c(C)c(C)c2c(c1C)CC(C)(C)O2. The predicted octanol–water partition coefficient (Wildman–Crippen LogP) is 3.63. The average molecular weight is 204 g/mol. The van der Waals surface area contributed by atoms with Crippen molar-refractivity contribution in [1.82, 2.24) is 0 Å². The molecular weight excluding hydrogens is 184 g/mol. The topological polar surface area (TPSA) is 9.23 Å².